The molecule has 0 saturated heterocycles. The Balaban J connectivity index is 2.14. The summed E-state index contributed by atoms with van der Waals surface area (Å²) < 4.78 is 27.9. The van der Waals surface area contributed by atoms with Crippen LogP contribution in [0.25, 0.3) is 0 Å². The van der Waals surface area contributed by atoms with E-state index in [9.17, 15) is 8.42 Å². The second-order valence-electron chi connectivity index (χ2n) is 4.18. The maximum atomic E-state index is 12.0. The van der Waals surface area contributed by atoms with Gasteiger partial charge in [0.2, 0.25) is 10.0 Å². The fraction of sp³-hybridized carbons (Fsp3) is 0.273. The van der Waals surface area contributed by atoms with Gasteiger partial charge in [0.1, 0.15) is 4.90 Å². The Labute approximate surface area is 111 Å². The molecule has 0 aliphatic heterocycles. The molecular weight excluding hydrogens is 266 g/mol. The standard InChI is InChI=1S/C11H15N5O2S/c1-8-3-4-9(5-13-8)6-14-19(17,18)10-7-16(2)15-11(10)12/h3-5,7,14H,6H2,1-2H3,(H2,12,15). The number of pyridine rings is 1. The third-order valence-electron chi connectivity index (χ3n) is 2.55. The zero-order chi connectivity index (χ0) is 14.0. The van der Waals surface area contributed by atoms with Crippen molar-refractivity contribution in [1.82, 2.24) is 19.5 Å². The van der Waals surface area contributed by atoms with Gasteiger partial charge in [-0.05, 0) is 18.6 Å². The van der Waals surface area contributed by atoms with Crippen LogP contribution in [0.2, 0.25) is 0 Å². The molecule has 0 fully saturated rings. The van der Waals surface area contributed by atoms with Crippen molar-refractivity contribution in [3.8, 4) is 0 Å². The number of hydrogen-bond donors (Lipinski definition) is 2. The minimum absolute atomic E-state index is 0.0166. The van der Waals surface area contributed by atoms with E-state index in [2.05, 4.69) is 14.8 Å². The zero-order valence-corrected chi connectivity index (χ0v) is 11.5. The number of aryl methyl sites for hydroxylation is 2. The van der Waals surface area contributed by atoms with Crippen molar-refractivity contribution in [2.75, 3.05) is 5.73 Å². The number of sulfonamides is 1. The predicted molar refractivity (Wildman–Crippen MR) is 70.6 cm³/mol. The van der Waals surface area contributed by atoms with E-state index in [0.717, 1.165) is 11.3 Å². The van der Waals surface area contributed by atoms with Crippen LogP contribution in [0.4, 0.5) is 5.82 Å². The molecule has 2 rings (SSSR count). The first-order valence-corrected chi connectivity index (χ1v) is 7.07. The number of aromatic nitrogens is 3. The summed E-state index contributed by atoms with van der Waals surface area (Å²) in [6.45, 7) is 2.02. The van der Waals surface area contributed by atoms with E-state index < -0.39 is 10.0 Å². The smallest absolute Gasteiger partial charge is 0.246 e. The lowest BCUT2D eigenvalue weighted by Crippen LogP contribution is -2.23. The average Bonchev–Trinajstić information content (AvgIpc) is 2.69. The highest BCUT2D eigenvalue weighted by Gasteiger charge is 2.20. The maximum absolute atomic E-state index is 12.0. The highest BCUT2D eigenvalue weighted by Crippen LogP contribution is 2.15. The first-order chi connectivity index (χ1) is 8.88. The van der Waals surface area contributed by atoms with Gasteiger partial charge in [0.15, 0.2) is 5.82 Å². The molecule has 3 N–H and O–H groups in total. The number of nitrogens with zero attached hydrogens (tertiary/aromatic N) is 3. The molecule has 0 spiro atoms. The summed E-state index contributed by atoms with van der Waals surface area (Å²) in [5.41, 5.74) is 7.21. The van der Waals surface area contributed by atoms with E-state index in [-0.39, 0.29) is 17.3 Å². The minimum atomic E-state index is -3.66. The molecule has 2 heterocycles. The lowest BCUT2D eigenvalue weighted by Gasteiger charge is -2.05. The summed E-state index contributed by atoms with van der Waals surface area (Å²) in [6.07, 6.45) is 3.00. The summed E-state index contributed by atoms with van der Waals surface area (Å²) in [4.78, 5) is 4.08. The fourth-order valence-electron chi connectivity index (χ4n) is 1.55. The van der Waals surface area contributed by atoms with E-state index in [1.54, 1.807) is 13.2 Å². The number of nitrogens with one attached hydrogen (secondary N) is 1. The Kier molecular flexibility index (Phi) is 3.54. The Morgan fingerprint density at radius 3 is 2.68 bits per heavy atom. The van der Waals surface area contributed by atoms with Crippen LogP contribution in [-0.2, 0) is 23.6 Å². The monoisotopic (exact) mass is 281 g/mol. The van der Waals surface area contributed by atoms with E-state index in [0.29, 0.717) is 0 Å². The molecule has 8 heteroatoms. The second-order valence-corrected chi connectivity index (χ2v) is 5.92. The van der Waals surface area contributed by atoms with Crippen LogP contribution in [-0.4, -0.2) is 23.2 Å². The molecule has 0 aliphatic carbocycles. The van der Waals surface area contributed by atoms with Crippen molar-refractivity contribution < 1.29 is 8.42 Å². The quantitative estimate of drug-likeness (QED) is 0.832. The number of nitrogens with two attached hydrogens (primary N) is 1. The van der Waals surface area contributed by atoms with Crippen LogP contribution < -0.4 is 10.5 Å². The van der Waals surface area contributed by atoms with Crippen LogP contribution >= 0.6 is 0 Å². The van der Waals surface area contributed by atoms with E-state index in [1.807, 2.05) is 19.1 Å². The van der Waals surface area contributed by atoms with Gasteiger partial charge < -0.3 is 5.73 Å². The van der Waals surface area contributed by atoms with Gasteiger partial charge in [-0.3, -0.25) is 9.67 Å². The van der Waals surface area contributed by atoms with Crippen LogP contribution in [0.1, 0.15) is 11.3 Å². The maximum Gasteiger partial charge on any atom is 0.246 e. The molecule has 2 aromatic heterocycles. The van der Waals surface area contributed by atoms with Crippen molar-refractivity contribution in [2.45, 2.75) is 18.4 Å². The van der Waals surface area contributed by atoms with Gasteiger partial charge >= 0.3 is 0 Å². The summed E-state index contributed by atoms with van der Waals surface area (Å²) in [5.74, 6) is -0.0166. The topological polar surface area (TPSA) is 103 Å². The highest BCUT2D eigenvalue weighted by atomic mass is 32.2. The average molecular weight is 281 g/mol. The molecular formula is C11H15N5O2S. The molecule has 19 heavy (non-hydrogen) atoms. The first-order valence-electron chi connectivity index (χ1n) is 5.59. The Morgan fingerprint density at radius 1 is 1.42 bits per heavy atom. The van der Waals surface area contributed by atoms with Crippen molar-refractivity contribution in [1.29, 1.82) is 0 Å². The lowest BCUT2D eigenvalue weighted by molar-refractivity contribution is 0.581. The fourth-order valence-corrected chi connectivity index (χ4v) is 2.67. The number of rotatable bonds is 4. The number of nitrogen functional groups attached to an aromatic ring is 1. The van der Waals surface area contributed by atoms with Crippen molar-refractivity contribution >= 4 is 15.8 Å². The Bertz CT molecular complexity index is 676. The molecule has 0 amide bonds. The normalized spacial score (nSPS) is 11.7. The van der Waals surface area contributed by atoms with Crippen molar-refractivity contribution in [2.24, 2.45) is 7.05 Å². The van der Waals surface area contributed by atoms with E-state index in [4.69, 9.17) is 5.73 Å². The van der Waals surface area contributed by atoms with Gasteiger partial charge in [0.05, 0.1) is 0 Å². The minimum Gasteiger partial charge on any atom is -0.381 e. The Hall–Kier alpha value is -1.93. The number of hydrogen-bond acceptors (Lipinski definition) is 5. The van der Waals surface area contributed by atoms with Gasteiger partial charge in [-0.2, -0.15) is 5.10 Å². The van der Waals surface area contributed by atoms with Crippen LogP contribution in [0, 0.1) is 6.92 Å². The van der Waals surface area contributed by atoms with Crippen molar-refractivity contribution in [3.05, 3.63) is 35.8 Å². The molecule has 0 aromatic carbocycles. The third kappa shape index (κ3) is 3.09. The summed E-state index contributed by atoms with van der Waals surface area (Å²) >= 11 is 0. The molecule has 0 aliphatic rings. The first kappa shape index (κ1) is 13.5. The van der Waals surface area contributed by atoms with Crippen molar-refractivity contribution in [3.63, 3.8) is 0 Å². The van der Waals surface area contributed by atoms with Crippen LogP contribution in [0.5, 0.6) is 0 Å². The molecule has 0 saturated carbocycles. The van der Waals surface area contributed by atoms with Gasteiger partial charge in [0.25, 0.3) is 0 Å². The van der Waals surface area contributed by atoms with Gasteiger partial charge in [-0.1, -0.05) is 6.07 Å². The summed E-state index contributed by atoms with van der Waals surface area (Å²) in [6, 6.07) is 3.64. The van der Waals surface area contributed by atoms with Crippen LogP contribution in [0.15, 0.2) is 29.4 Å². The molecule has 0 bridgehead atoms. The largest absolute Gasteiger partial charge is 0.381 e. The highest BCUT2D eigenvalue weighted by molar-refractivity contribution is 7.89. The SMILES string of the molecule is Cc1ccc(CNS(=O)(=O)c2cn(C)nc2N)cn1. The van der Waals surface area contributed by atoms with Gasteiger partial charge in [0, 0.05) is 31.7 Å². The third-order valence-corrected chi connectivity index (χ3v) is 3.97. The van der Waals surface area contributed by atoms with Gasteiger partial charge in [-0.25, -0.2) is 13.1 Å². The second kappa shape index (κ2) is 4.98. The molecule has 7 nitrogen and oxygen atoms in total. The Morgan fingerprint density at radius 2 is 2.16 bits per heavy atom. The summed E-state index contributed by atoms with van der Waals surface area (Å²) in [5, 5.41) is 3.81. The zero-order valence-electron chi connectivity index (χ0n) is 10.7. The van der Waals surface area contributed by atoms with E-state index >= 15 is 0 Å². The molecule has 0 atom stereocenters. The molecule has 0 unspecified atom stereocenters. The number of anilines is 1. The van der Waals surface area contributed by atoms with E-state index in [1.165, 1.54) is 10.9 Å². The molecule has 2 aromatic rings. The lowest BCUT2D eigenvalue weighted by atomic mass is 10.2. The summed E-state index contributed by atoms with van der Waals surface area (Å²) in [7, 11) is -2.05. The predicted octanol–water partition coefficient (Wildman–Crippen LogP) is 0.184. The van der Waals surface area contributed by atoms with Crippen LogP contribution in [0.3, 0.4) is 0 Å². The van der Waals surface area contributed by atoms with Gasteiger partial charge in [-0.15, -0.1) is 0 Å². The molecule has 102 valence electrons. The molecule has 0 radical (unpaired) electrons.